The molecule has 1 N–H and O–H groups in total. The summed E-state index contributed by atoms with van der Waals surface area (Å²) < 4.78 is 35.9. The second kappa shape index (κ2) is 7.39. The quantitative estimate of drug-likeness (QED) is 0.735. The Morgan fingerprint density at radius 2 is 1.93 bits per heavy atom. The van der Waals surface area contributed by atoms with Crippen molar-refractivity contribution in [2.45, 2.75) is 50.6 Å². The molecule has 92 valence electrons. The smallest absolute Gasteiger partial charge is 0.316 e. The third-order valence-electron chi connectivity index (χ3n) is 2.34. The maximum atomic E-state index is 12.0. The van der Waals surface area contributed by atoms with Gasteiger partial charge in [-0.3, -0.25) is 0 Å². The molecule has 0 fully saturated rings. The first kappa shape index (κ1) is 15.1. The Kier molecular flexibility index (Phi) is 7.44. The summed E-state index contributed by atoms with van der Waals surface area (Å²) >= 11 is 1.73. The van der Waals surface area contributed by atoms with Crippen molar-refractivity contribution in [3.05, 3.63) is 0 Å². The molecule has 0 aliphatic heterocycles. The van der Waals surface area contributed by atoms with Gasteiger partial charge in [0.2, 0.25) is 0 Å². The summed E-state index contributed by atoms with van der Waals surface area (Å²) in [5.74, 6) is 0.752. The summed E-state index contributed by atoms with van der Waals surface area (Å²) in [4.78, 5) is 0. The first-order valence-corrected chi connectivity index (χ1v) is 6.29. The highest BCUT2D eigenvalue weighted by Gasteiger charge is 2.27. The van der Waals surface area contributed by atoms with E-state index in [0.717, 1.165) is 12.2 Å². The maximum Gasteiger partial charge on any atom is 0.389 e. The van der Waals surface area contributed by atoms with Gasteiger partial charge in [0.25, 0.3) is 0 Å². The van der Waals surface area contributed by atoms with Crippen LogP contribution in [0.4, 0.5) is 13.2 Å². The van der Waals surface area contributed by atoms with E-state index in [9.17, 15) is 13.2 Å². The van der Waals surface area contributed by atoms with Crippen molar-refractivity contribution in [1.29, 1.82) is 0 Å². The molecule has 0 saturated carbocycles. The molecule has 0 heterocycles. The molecule has 0 aliphatic carbocycles. The van der Waals surface area contributed by atoms with Crippen LogP contribution in [0.25, 0.3) is 0 Å². The predicted molar refractivity (Wildman–Crippen MR) is 60.3 cm³/mol. The number of nitrogens with one attached hydrogen (secondary N) is 1. The van der Waals surface area contributed by atoms with Crippen LogP contribution >= 0.6 is 11.8 Å². The average molecular weight is 243 g/mol. The Hall–Kier alpha value is 0.1000. The summed E-state index contributed by atoms with van der Waals surface area (Å²) in [6.07, 6.45) is -3.50. The van der Waals surface area contributed by atoms with Gasteiger partial charge in [-0.05, 0) is 19.9 Å². The highest BCUT2D eigenvalue weighted by atomic mass is 32.2. The monoisotopic (exact) mass is 243 g/mol. The minimum absolute atomic E-state index is 0.0365. The number of alkyl halides is 3. The number of rotatable bonds is 7. The van der Waals surface area contributed by atoms with E-state index in [0.29, 0.717) is 5.25 Å². The van der Waals surface area contributed by atoms with E-state index in [2.05, 4.69) is 19.2 Å². The Labute approximate surface area is 94.2 Å². The molecule has 0 bridgehead atoms. The molecule has 2 atom stereocenters. The van der Waals surface area contributed by atoms with Gasteiger partial charge in [-0.1, -0.05) is 13.8 Å². The third-order valence-corrected chi connectivity index (χ3v) is 3.84. The topological polar surface area (TPSA) is 12.0 Å². The van der Waals surface area contributed by atoms with Crippen LogP contribution in [0.5, 0.6) is 0 Å². The lowest BCUT2D eigenvalue weighted by Gasteiger charge is -2.18. The number of thioether (sulfide) groups is 1. The molecule has 2 unspecified atom stereocenters. The standard InChI is InChI=1S/C10H20F3NS/c1-4-8(2)15-7-9(14-3)5-6-10(11,12)13/h8-9,14H,4-7H2,1-3H3. The van der Waals surface area contributed by atoms with Crippen molar-refractivity contribution in [2.75, 3.05) is 12.8 Å². The van der Waals surface area contributed by atoms with Gasteiger partial charge in [-0.25, -0.2) is 0 Å². The van der Waals surface area contributed by atoms with E-state index >= 15 is 0 Å². The molecular formula is C10H20F3NS. The highest BCUT2D eigenvalue weighted by Crippen LogP contribution is 2.24. The Morgan fingerprint density at radius 3 is 2.33 bits per heavy atom. The van der Waals surface area contributed by atoms with Gasteiger partial charge >= 0.3 is 6.18 Å². The van der Waals surface area contributed by atoms with Gasteiger partial charge < -0.3 is 5.32 Å². The summed E-state index contributed by atoms with van der Waals surface area (Å²) in [5, 5.41) is 3.45. The SMILES string of the molecule is CCC(C)SCC(CCC(F)(F)F)NC. The second-order valence-corrected chi connectivity index (χ2v) is 5.16. The van der Waals surface area contributed by atoms with Crippen LogP contribution in [0, 0.1) is 0 Å². The molecule has 0 rings (SSSR count). The fraction of sp³-hybridized carbons (Fsp3) is 1.00. The van der Waals surface area contributed by atoms with E-state index in [-0.39, 0.29) is 12.5 Å². The molecule has 0 saturated heterocycles. The molecule has 0 aromatic heterocycles. The molecule has 0 amide bonds. The van der Waals surface area contributed by atoms with Crippen LogP contribution in [0.3, 0.4) is 0 Å². The third kappa shape index (κ3) is 9.05. The van der Waals surface area contributed by atoms with Crippen molar-refractivity contribution in [2.24, 2.45) is 0 Å². The lowest BCUT2D eigenvalue weighted by Crippen LogP contribution is -2.30. The first-order valence-electron chi connectivity index (χ1n) is 5.24. The fourth-order valence-electron chi connectivity index (χ4n) is 1.05. The van der Waals surface area contributed by atoms with Gasteiger partial charge in [0.1, 0.15) is 0 Å². The van der Waals surface area contributed by atoms with Crippen molar-refractivity contribution in [3.63, 3.8) is 0 Å². The minimum atomic E-state index is -4.03. The normalized spacial score (nSPS) is 16.4. The van der Waals surface area contributed by atoms with Crippen molar-refractivity contribution in [3.8, 4) is 0 Å². The lowest BCUT2D eigenvalue weighted by atomic mass is 10.2. The van der Waals surface area contributed by atoms with E-state index < -0.39 is 12.6 Å². The summed E-state index contributed by atoms with van der Waals surface area (Å²) in [6.45, 7) is 4.18. The Balaban J connectivity index is 3.73. The zero-order valence-electron chi connectivity index (χ0n) is 9.53. The van der Waals surface area contributed by atoms with Crippen molar-refractivity contribution in [1.82, 2.24) is 5.32 Å². The van der Waals surface area contributed by atoms with Crippen LogP contribution in [-0.2, 0) is 0 Å². The van der Waals surface area contributed by atoms with Crippen LogP contribution in [-0.4, -0.2) is 30.3 Å². The van der Waals surface area contributed by atoms with Crippen molar-refractivity contribution >= 4 is 11.8 Å². The number of hydrogen-bond acceptors (Lipinski definition) is 2. The average Bonchev–Trinajstić information content (AvgIpc) is 2.16. The second-order valence-electron chi connectivity index (χ2n) is 3.69. The van der Waals surface area contributed by atoms with Crippen molar-refractivity contribution < 1.29 is 13.2 Å². The predicted octanol–water partition coefficient (Wildman–Crippen LogP) is 3.45. The Bertz CT molecular complexity index is 161. The molecule has 0 aromatic rings. The van der Waals surface area contributed by atoms with Crippen LogP contribution in [0.1, 0.15) is 33.1 Å². The van der Waals surface area contributed by atoms with E-state index in [1.54, 1.807) is 18.8 Å². The van der Waals surface area contributed by atoms with Crippen LogP contribution in [0.15, 0.2) is 0 Å². The minimum Gasteiger partial charge on any atom is -0.316 e. The molecule has 15 heavy (non-hydrogen) atoms. The molecule has 1 nitrogen and oxygen atoms in total. The molecular weight excluding hydrogens is 223 g/mol. The Morgan fingerprint density at radius 1 is 1.33 bits per heavy atom. The van der Waals surface area contributed by atoms with Crippen LogP contribution < -0.4 is 5.32 Å². The molecule has 0 spiro atoms. The largest absolute Gasteiger partial charge is 0.389 e. The van der Waals surface area contributed by atoms with E-state index in [1.165, 1.54) is 0 Å². The van der Waals surface area contributed by atoms with Gasteiger partial charge in [0.15, 0.2) is 0 Å². The van der Waals surface area contributed by atoms with Gasteiger partial charge in [0, 0.05) is 23.5 Å². The van der Waals surface area contributed by atoms with Crippen LogP contribution in [0.2, 0.25) is 0 Å². The van der Waals surface area contributed by atoms with Gasteiger partial charge in [0.05, 0.1) is 0 Å². The highest BCUT2D eigenvalue weighted by molar-refractivity contribution is 7.99. The summed E-state index contributed by atoms with van der Waals surface area (Å²) in [6, 6.07) is -0.0365. The molecule has 0 aliphatic rings. The summed E-state index contributed by atoms with van der Waals surface area (Å²) in [5.41, 5.74) is 0. The zero-order chi connectivity index (χ0) is 11.9. The van der Waals surface area contributed by atoms with Gasteiger partial charge in [-0.15, -0.1) is 0 Å². The number of hydrogen-bond donors (Lipinski definition) is 1. The zero-order valence-corrected chi connectivity index (χ0v) is 10.3. The summed E-state index contributed by atoms with van der Waals surface area (Å²) in [7, 11) is 1.72. The fourth-order valence-corrected chi connectivity index (χ4v) is 2.18. The molecule has 0 radical (unpaired) electrons. The first-order chi connectivity index (χ1) is 6.89. The van der Waals surface area contributed by atoms with Gasteiger partial charge in [-0.2, -0.15) is 24.9 Å². The maximum absolute atomic E-state index is 12.0. The molecule has 0 aromatic carbocycles. The number of halogens is 3. The van der Waals surface area contributed by atoms with E-state index in [1.807, 2.05) is 0 Å². The lowest BCUT2D eigenvalue weighted by molar-refractivity contribution is -0.136. The van der Waals surface area contributed by atoms with E-state index in [4.69, 9.17) is 0 Å². The molecule has 5 heteroatoms.